The Morgan fingerprint density at radius 2 is 1.89 bits per heavy atom. The van der Waals surface area contributed by atoms with E-state index in [0.717, 1.165) is 17.0 Å². The summed E-state index contributed by atoms with van der Waals surface area (Å²) in [4.78, 5) is 25.5. The van der Waals surface area contributed by atoms with E-state index >= 15 is 0 Å². The SMILES string of the molecule is CCOc1ccc(C2C(C(=O)OC)=C(C)NC3=C2C(=O)CC(OC)C3)cc1. The molecule has 6 nitrogen and oxygen atoms in total. The van der Waals surface area contributed by atoms with Crippen molar-refractivity contribution in [3.63, 3.8) is 0 Å². The first-order valence-electron chi connectivity index (χ1n) is 9.08. The highest BCUT2D eigenvalue weighted by molar-refractivity contribution is 6.04. The van der Waals surface area contributed by atoms with Crippen LogP contribution >= 0.6 is 0 Å². The number of rotatable bonds is 5. The van der Waals surface area contributed by atoms with Gasteiger partial charge in [0.2, 0.25) is 0 Å². The Morgan fingerprint density at radius 3 is 2.48 bits per heavy atom. The number of methoxy groups -OCH3 is 2. The summed E-state index contributed by atoms with van der Waals surface area (Å²) in [7, 11) is 2.96. The summed E-state index contributed by atoms with van der Waals surface area (Å²) in [6, 6.07) is 7.52. The van der Waals surface area contributed by atoms with Crippen LogP contribution in [0.5, 0.6) is 5.75 Å². The van der Waals surface area contributed by atoms with Gasteiger partial charge in [-0.05, 0) is 31.5 Å². The van der Waals surface area contributed by atoms with E-state index in [1.807, 2.05) is 38.1 Å². The maximum Gasteiger partial charge on any atom is 0.336 e. The topological polar surface area (TPSA) is 73.9 Å². The van der Waals surface area contributed by atoms with Gasteiger partial charge in [-0.15, -0.1) is 0 Å². The number of hydrogen-bond donors (Lipinski definition) is 1. The molecule has 144 valence electrons. The molecule has 0 spiro atoms. The smallest absolute Gasteiger partial charge is 0.336 e. The van der Waals surface area contributed by atoms with Gasteiger partial charge in [-0.3, -0.25) is 4.79 Å². The van der Waals surface area contributed by atoms with Crippen molar-refractivity contribution in [3.8, 4) is 5.75 Å². The lowest BCUT2D eigenvalue weighted by Gasteiger charge is -2.36. The van der Waals surface area contributed by atoms with E-state index in [9.17, 15) is 9.59 Å². The summed E-state index contributed by atoms with van der Waals surface area (Å²) in [6.07, 6.45) is 0.756. The molecule has 1 aliphatic carbocycles. The number of dihydropyridines is 1. The van der Waals surface area contributed by atoms with Crippen LogP contribution in [0.15, 0.2) is 46.8 Å². The number of Topliss-reactive ketones (excluding diaryl/α,β-unsaturated/α-hetero) is 1. The number of benzene rings is 1. The Labute approximate surface area is 159 Å². The normalized spacial score (nSPS) is 22.3. The Kier molecular flexibility index (Phi) is 5.65. The molecule has 0 saturated heterocycles. The zero-order valence-corrected chi connectivity index (χ0v) is 16.1. The fourth-order valence-electron chi connectivity index (χ4n) is 3.81. The van der Waals surface area contributed by atoms with Gasteiger partial charge < -0.3 is 19.5 Å². The van der Waals surface area contributed by atoms with E-state index in [2.05, 4.69) is 5.32 Å². The molecule has 0 fully saturated rings. The van der Waals surface area contributed by atoms with Crippen molar-refractivity contribution in [2.45, 2.75) is 38.7 Å². The van der Waals surface area contributed by atoms with E-state index in [-0.39, 0.29) is 11.9 Å². The molecule has 0 amide bonds. The minimum atomic E-state index is -0.463. The number of ketones is 1. The number of carbonyl (C=O) groups is 2. The van der Waals surface area contributed by atoms with Gasteiger partial charge in [0.05, 0.1) is 25.4 Å². The zero-order valence-electron chi connectivity index (χ0n) is 16.1. The largest absolute Gasteiger partial charge is 0.494 e. The van der Waals surface area contributed by atoms with Crippen LogP contribution in [-0.4, -0.2) is 38.7 Å². The van der Waals surface area contributed by atoms with Crippen LogP contribution in [0.4, 0.5) is 0 Å². The molecule has 0 bridgehead atoms. The average molecular weight is 371 g/mol. The predicted octanol–water partition coefficient (Wildman–Crippen LogP) is 2.85. The third kappa shape index (κ3) is 3.62. The van der Waals surface area contributed by atoms with Gasteiger partial charge in [0.25, 0.3) is 0 Å². The number of allylic oxidation sites excluding steroid dienone is 2. The quantitative estimate of drug-likeness (QED) is 0.803. The fraction of sp³-hybridized carbons (Fsp3) is 0.429. The van der Waals surface area contributed by atoms with E-state index in [1.54, 1.807) is 7.11 Å². The second-order valence-corrected chi connectivity index (χ2v) is 6.67. The van der Waals surface area contributed by atoms with Crippen molar-refractivity contribution in [1.29, 1.82) is 0 Å². The first kappa shape index (κ1) is 19.2. The Morgan fingerprint density at radius 1 is 1.19 bits per heavy atom. The highest BCUT2D eigenvalue weighted by Crippen LogP contribution is 2.43. The van der Waals surface area contributed by atoms with Crippen LogP contribution in [-0.2, 0) is 19.1 Å². The number of hydrogen-bond acceptors (Lipinski definition) is 6. The first-order chi connectivity index (χ1) is 13.0. The van der Waals surface area contributed by atoms with Crippen molar-refractivity contribution in [3.05, 3.63) is 52.4 Å². The number of esters is 1. The molecular formula is C21H25NO5. The maximum atomic E-state index is 12.9. The summed E-state index contributed by atoms with van der Waals surface area (Å²) in [5, 5.41) is 3.24. The maximum absolute atomic E-state index is 12.9. The fourth-order valence-corrected chi connectivity index (χ4v) is 3.81. The molecule has 0 saturated carbocycles. The molecule has 0 radical (unpaired) electrons. The van der Waals surface area contributed by atoms with Crippen LogP contribution in [0.2, 0.25) is 0 Å². The van der Waals surface area contributed by atoms with Crippen LogP contribution in [0, 0.1) is 0 Å². The van der Waals surface area contributed by atoms with E-state index in [0.29, 0.717) is 36.3 Å². The van der Waals surface area contributed by atoms with Gasteiger partial charge in [-0.2, -0.15) is 0 Å². The summed E-state index contributed by atoms with van der Waals surface area (Å²) >= 11 is 0. The van der Waals surface area contributed by atoms with Crippen molar-refractivity contribution in [2.75, 3.05) is 20.8 Å². The first-order valence-corrected chi connectivity index (χ1v) is 9.08. The second kappa shape index (κ2) is 7.96. The lowest BCUT2D eigenvalue weighted by Crippen LogP contribution is -2.38. The van der Waals surface area contributed by atoms with Crippen LogP contribution in [0.25, 0.3) is 0 Å². The molecule has 27 heavy (non-hydrogen) atoms. The number of nitrogens with one attached hydrogen (secondary N) is 1. The Balaban J connectivity index is 2.10. The van der Waals surface area contributed by atoms with E-state index in [4.69, 9.17) is 14.2 Å². The molecule has 1 aromatic carbocycles. The molecule has 1 aliphatic heterocycles. The molecule has 2 atom stereocenters. The Hall–Kier alpha value is -2.60. The van der Waals surface area contributed by atoms with Gasteiger partial charge in [-0.25, -0.2) is 4.79 Å². The lowest BCUT2D eigenvalue weighted by atomic mass is 9.74. The van der Waals surface area contributed by atoms with Gasteiger partial charge in [0.15, 0.2) is 5.78 Å². The van der Waals surface area contributed by atoms with Crippen molar-refractivity contribution >= 4 is 11.8 Å². The van der Waals surface area contributed by atoms with Crippen molar-refractivity contribution < 1.29 is 23.8 Å². The molecule has 1 N–H and O–H groups in total. The molecule has 2 unspecified atom stereocenters. The van der Waals surface area contributed by atoms with Gasteiger partial charge >= 0.3 is 5.97 Å². The standard InChI is InChI=1S/C21H25NO5/c1-5-27-14-8-6-13(7-9-14)19-18(21(24)26-4)12(2)22-16-10-15(25-3)11-17(23)20(16)19/h6-9,15,19,22H,5,10-11H2,1-4H3. The summed E-state index contributed by atoms with van der Waals surface area (Å²) in [5.41, 5.74) is 3.46. The van der Waals surface area contributed by atoms with Gasteiger partial charge in [0, 0.05) is 42.8 Å². The molecule has 6 heteroatoms. The third-order valence-corrected chi connectivity index (χ3v) is 5.05. The predicted molar refractivity (Wildman–Crippen MR) is 100 cm³/mol. The highest BCUT2D eigenvalue weighted by atomic mass is 16.5. The summed E-state index contributed by atoms with van der Waals surface area (Å²) < 4.78 is 15.9. The average Bonchev–Trinajstić information content (AvgIpc) is 2.67. The van der Waals surface area contributed by atoms with Crippen molar-refractivity contribution in [2.24, 2.45) is 0 Å². The Bertz CT molecular complexity index is 806. The van der Waals surface area contributed by atoms with Gasteiger partial charge in [0.1, 0.15) is 5.75 Å². The molecule has 3 rings (SSSR count). The monoisotopic (exact) mass is 371 g/mol. The third-order valence-electron chi connectivity index (χ3n) is 5.05. The van der Waals surface area contributed by atoms with Crippen LogP contribution in [0.1, 0.15) is 38.2 Å². The molecular weight excluding hydrogens is 346 g/mol. The minimum Gasteiger partial charge on any atom is -0.494 e. The van der Waals surface area contributed by atoms with Gasteiger partial charge in [-0.1, -0.05) is 12.1 Å². The molecule has 0 aromatic heterocycles. The lowest BCUT2D eigenvalue weighted by molar-refractivity contribution is -0.136. The molecule has 1 heterocycles. The van der Waals surface area contributed by atoms with Crippen molar-refractivity contribution in [1.82, 2.24) is 5.32 Å². The summed E-state index contributed by atoms with van der Waals surface area (Å²) in [6.45, 7) is 4.33. The van der Waals surface area contributed by atoms with E-state index in [1.165, 1.54) is 7.11 Å². The van der Waals surface area contributed by atoms with Crippen LogP contribution in [0.3, 0.4) is 0 Å². The zero-order chi connectivity index (χ0) is 19.6. The minimum absolute atomic E-state index is 0.0108. The van der Waals surface area contributed by atoms with E-state index < -0.39 is 11.9 Å². The highest BCUT2D eigenvalue weighted by Gasteiger charge is 2.41. The number of carbonyl (C=O) groups excluding carboxylic acids is 2. The molecule has 1 aromatic rings. The summed E-state index contributed by atoms with van der Waals surface area (Å²) in [5.74, 6) is -0.163. The van der Waals surface area contributed by atoms with Crippen LogP contribution < -0.4 is 10.1 Å². The second-order valence-electron chi connectivity index (χ2n) is 6.67. The number of ether oxygens (including phenoxy) is 3. The molecule has 2 aliphatic rings.